The van der Waals surface area contributed by atoms with Crippen LogP contribution >= 0.6 is 23.1 Å². The van der Waals surface area contributed by atoms with Gasteiger partial charge in [0.25, 0.3) is 5.91 Å². The van der Waals surface area contributed by atoms with Gasteiger partial charge in [-0.15, -0.1) is 11.8 Å². The van der Waals surface area contributed by atoms with Crippen molar-refractivity contribution in [2.24, 2.45) is 0 Å². The van der Waals surface area contributed by atoms with Crippen molar-refractivity contribution in [1.29, 1.82) is 0 Å². The lowest BCUT2D eigenvalue weighted by Crippen LogP contribution is -2.30. The summed E-state index contributed by atoms with van der Waals surface area (Å²) in [6.07, 6.45) is 2.01. The van der Waals surface area contributed by atoms with Crippen LogP contribution in [0.25, 0.3) is 10.2 Å². The molecule has 27 heavy (non-hydrogen) atoms. The predicted octanol–water partition coefficient (Wildman–Crippen LogP) is 5.87. The molecule has 0 spiro atoms. The van der Waals surface area contributed by atoms with E-state index >= 15 is 0 Å². The smallest absolute Gasteiger partial charge is 0.260 e. The van der Waals surface area contributed by atoms with Crippen molar-refractivity contribution in [2.45, 2.75) is 11.4 Å². The number of hydrogen-bond donors (Lipinski definition) is 0. The normalized spacial score (nSPS) is 10.9. The highest BCUT2D eigenvalue weighted by Crippen LogP contribution is 2.31. The molecule has 1 aromatic heterocycles. The van der Waals surface area contributed by atoms with Gasteiger partial charge in [-0.25, -0.2) is 4.98 Å². The Balaban J connectivity index is 1.76. The number of nitrogens with zero attached hydrogens (tertiary/aromatic N) is 2. The van der Waals surface area contributed by atoms with Gasteiger partial charge in [-0.05, 0) is 42.2 Å². The zero-order valence-corrected chi connectivity index (χ0v) is 16.5. The molecule has 3 aromatic carbocycles. The Morgan fingerprint density at radius 1 is 1.00 bits per heavy atom. The molecular weight excluding hydrogens is 372 g/mol. The Bertz CT molecular complexity index is 1040. The van der Waals surface area contributed by atoms with Crippen molar-refractivity contribution in [1.82, 2.24) is 4.98 Å². The molecule has 4 rings (SSSR count). The van der Waals surface area contributed by atoms with Crippen molar-refractivity contribution in [3.05, 3.63) is 90.0 Å². The third-order valence-electron chi connectivity index (χ3n) is 4.26. The first-order chi connectivity index (χ1) is 13.2. The summed E-state index contributed by atoms with van der Waals surface area (Å²) in [6, 6.07) is 25.8. The monoisotopic (exact) mass is 390 g/mol. The van der Waals surface area contributed by atoms with Crippen LogP contribution in [0, 0.1) is 0 Å². The average Bonchev–Trinajstić information content (AvgIpc) is 3.16. The van der Waals surface area contributed by atoms with Crippen molar-refractivity contribution < 1.29 is 4.79 Å². The maximum Gasteiger partial charge on any atom is 0.260 e. The van der Waals surface area contributed by atoms with E-state index in [4.69, 9.17) is 4.98 Å². The van der Waals surface area contributed by atoms with Gasteiger partial charge in [0, 0.05) is 10.5 Å². The lowest BCUT2D eigenvalue weighted by Gasteiger charge is -2.20. The van der Waals surface area contributed by atoms with Crippen LogP contribution in [0.3, 0.4) is 0 Å². The van der Waals surface area contributed by atoms with E-state index in [1.165, 1.54) is 0 Å². The Morgan fingerprint density at radius 2 is 1.78 bits per heavy atom. The van der Waals surface area contributed by atoms with Gasteiger partial charge >= 0.3 is 0 Å². The number of carbonyl (C=O) groups is 1. The van der Waals surface area contributed by atoms with Crippen molar-refractivity contribution in [2.75, 3.05) is 11.2 Å². The second-order valence-electron chi connectivity index (χ2n) is 6.07. The van der Waals surface area contributed by atoms with Crippen LogP contribution in [-0.4, -0.2) is 17.1 Å². The summed E-state index contributed by atoms with van der Waals surface area (Å²) in [6.45, 7) is 0.489. The zero-order valence-electron chi connectivity index (χ0n) is 14.8. The maximum atomic E-state index is 13.4. The first-order valence-corrected chi connectivity index (χ1v) is 10.6. The molecule has 4 aromatic rings. The van der Waals surface area contributed by atoms with Gasteiger partial charge in [-0.1, -0.05) is 59.9 Å². The van der Waals surface area contributed by atoms with E-state index in [0.29, 0.717) is 12.1 Å². The Morgan fingerprint density at radius 3 is 2.56 bits per heavy atom. The molecule has 0 atom stereocenters. The summed E-state index contributed by atoms with van der Waals surface area (Å²) in [5.41, 5.74) is 2.67. The minimum absolute atomic E-state index is 0.0335. The molecule has 0 saturated heterocycles. The van der Waals surface area contributed by atoms with Gasteiger partial charge in [0.2, 0.25) is 0 Å². The minimum Gasteiger partial charge on any atom is -0.279 e. The maximum absolute atomic E-state index is 13.4. The molecule has 134 valence electrons. The number of aromatic nitrogens is 1. The van der Waals surface area contributed by atoms with Gasteiger partial charge in [-0.2, -0.15) is 0 Å². The van der Waals surface area contributed by atoms with E-state index in [1.54, 1.807) is 28.0 Å². The summed E-state index contributed by atoms with van der Waals surface area (Å²) in [4.78, 5) is 20.9. The summed E-state index contributed by atoms with van der Waals surface area (Å²) < 4.78 is 1.08. The quantitative estimate of drug-likeness (QED) is 0.400. The number of fused-ring (bicyclic) bond motifs is 1. The number of thioether (sulfide) groups is 1. The number of anilines is 1. The van der Waals surface area contributed by atoms with Gasteiger partial charge < -0.3 is 0 Å². The first-order valence-electron chi connectivity index (χ1n) is 8.60. The Hall–Kier alpha value is -2.63. The topological polar surface area (TPSA) is 33.2 Å². The lowest BCUT2D eigenvalue weighted by molar-refractivity contribution is 0.0985. The van der Waals surface area contributed by atoms with Crippen molar-refractivity contribution in [3.63, 3.8) is 0 Å². The van der Waals surface area contributed by atoms with Gasteiger partial charge in [0.15, 0.2) is 5.13 Å². The molecule has 1 heterocycles. The number of hydrogen-bond acceptors (Lipinski definition) is 4. The molecule has 5 heteroatoms. The molecule has 0 unspecified atom stereocenters. The fourth-order valence-electron chi connectivity index (χ4n) is 2.88. The van der Waals surface area contributed by atoms with E-state index in [1.807, 2.05) is 85.1 Å². The summed E-state index contributed by atoms with van der Waals surface area (Å²) in [7, 11) is 0. The Kier molecular flexibility index (Phi) is 5.23. The Labute approximate surface area is 166 Å². The van der Waals surface area contributed by atoms with Crippen LogP contribution in [0.15, 0.2) is 83.8 Å². The molecular formula is C22H18N2OS2. The van der Waals surface area contributed by atoms with Crippen LogP contribution in [0.1, 0.15) is 15.9 Å². The van der Waals surface area contributed by atoms with Crippen LogP contribution in [0.4, 0.5) is 5.13 Å². The molecule has 0 radical (unpaired) electrons. The van der Waals surface area contributed by atoms with Gasteiger partial charge in [0.1, 0.15) is 0 Å². The average molecular weight is 391 g/mol. The molecule has 0 N–H and O–H groups in total. The van der Waals surface area contributed by atoms with Crippen molar-refractivity contribution >= 4 is 44.4 Å². The van der Waals surface area contributed by atoms with Crippen LogP contribution < -0.4 is 4.90 Å². The van der Waals surface area contributed by atoms with Crippen LogP contribution in [-0.2, 0) is 6.54 Å². The summed E-state index contributed by atoms with van der Waals surface area (Å²) in [5.74, 6) is -0.0335. The number of carbonyl (C=O) groups excluding carboxylic acids is 1. The second kappa shape index (κ2) is 7.94. The van der Waals surface area contributed by atoms with Crippen molar-refractivity contribution in [3.8, 4) is 0 Å². The molecule has 0 aliphatic heterocycles. The highest BCUT2D eigenvalue weighted by molar-refractivity contribution is 7.98. The first kappa shape index (κ1) is 17.8. The SMILES string of the molecule is CSc1cccc(C(=O)N(Cc2ccccc2)c2nc3ccccc3s2)c1. The predicted molar refractivity (Wildman–Crippen MR) is 115 cm³/mol. The molecule has 3 nitrogen and oxygen atoms in total. The van der Waals surface area contributed by atoms with E-state index in [-0.39, 0.29) is 5.91 Å². The number of thiazole rings is 1. The van der Waals surface area contributed by atoms with E-state index in [9.17, 15) is 4.79 Å². The van der Waals surface area contributed by atoms with Crippen LogP contribution in [0.5, 0.6) is 0 Å². The molecule has 0 aliphatic carbocycles. The molecule has 1 amide bonds. The van der Waals surface area contributed by atoms with E-state index in [0.717, 1.165) is 25.8 Å². The number of benzene rings is 3. The molecule has 0 fully saturated rings. The van der Waals surface area contributed by atoms with E-state index < -0.39 is 0 Å². The minimum atomic E-state index is -0.0335. The number of para-hydroxylation sites is 1. The number of amides is 1. The zero-order chi connectivity index (χ0) is 18.6. The van der Waals surface area contributed by atoms with Gasteiger partial charge in [-0.3, -0.25) is 9.69 Å². The standard InChI is InChI=1S/C22H18N2OS2/c1-26-18-11-7-10-17(14-18)21(25)24(15-16-8-3-2-4-9-16)22-23-19-12-5-6-13-20(19)27-22/h2-14H,15H2,1H3. The molecule has 0 saturated carbocycles. The second-order valence-corrected chi connectivity index (χ2v) is 7.96. The summed E-state index contributed by atoms with van der Waals surface area (Å²) >= 11 is 3.18. The third-order valence-corrected chi connectivity index (χ3v) is 6.04. The summed E-state index contributed by atoms with van der Waals surface area (Å²) in [5, 5.41) is 0.722. The van der Waals surface area contributed by atoms with E-state index in [2.05, 4.69) is 0 Å². The molecule has 0 aliphatic rings. The third kappa shape index (κ3) is 3.89. The largest absolute Gasteiger partial charge is 0.279 e. The fraction of sp³-hybridized carbons (Fsp3) is 0.0909. The number of rotatable bonds is 5. The highest BCUT2D eigenvalue weighted by Gasteiger charge is 2.22. The molecule has 0 bridgehead atoms. The van der Waals surface area contributed by atoms with Gasteiger partial charge in [0.05, 0.1) is 16.8 Å². The van der Waals surface area contributed by atoms with Crippen LogP contribution in [0.2, 0.25) is 0 Å². The fourth-order valence-corrected chi connectivity index (χ4v) is 4.30. The highest BCUT2D eigenvalue weighted by atomic mass is 32.2. The lowest BCUT2D eigenvalue weighted by atomic mass is 10.1.